The number of nitrogens with zero attached hydrogens (tertiary/aromatic N) is 2. The SMILES string of the molecule is CC1CNC(C)CCN(C(C)c2ccccn2)C1. The third-order valence-corrected chi connectivity index (χ3v) is 3.87. The van der Waals surface area contributed by atoms with Gasteiger partial charge < -0.3 is 5.32 Å². The first kappa shape index (κ1) is 13.5. The molecule has 0 spiro atoms. The maximum atomic E-state index is 4.49. The lowest BCUT2D eigenvalue weighted by atomic mass is 10.0. The van der Waals surface area contributed by atoms with Crippen molar-refractivity contribution in [1.29, 1.82) is 0 Å². The largest absolute Gasteiger partial charge is 0.314 e. The third-order valence-electron chi connectivity index (χ3n) is 3.87. The van der Waals surface area contributed by atoms with Crippen molar-refractivity contribution in [2.24, 2.45) is 5.92 Å². The van der Waals surface area contributed by atoms with Crippen LogP contribution in [0.25, 0.3) is 0 Å². The number of aromatic nitrogens is 1. The lowest BCUT2D eigenvalue weighted by Gasteiger charge is -2.35. The molecule has 1 aromatic rings. The summed E-state index contributed by atoms with van der Waals surface area (Å²) in [5.41, 5.74) is 1.19. The Balaban J connectivity index is 2.05. The third kappa shape index (κ3) is 3.53. The summed E-state index contributed by atoms with van der Waals surface area (Å²) >= 11 is 0. The Morgan fingerprint density at radius 3 is 2.94 bits per heavy atom. The second-order valence-electron chi connectivity index (χ2n) is 5.63. The zero-order chi connectivity index (χ0) is 13.0. The Labute approximate surface area is 111 Å². The molecule has 1 N–H and O–H groups in total. The zero-order valence-corrected chi connectivity index (χ0v) is 11.8. The first-order valence-corrected chi connectivity index (χ1v) is 7.05. The van der Waals surface area contributed by atoms with Gasteiger partial charge in [0, 0.05) is 31.4 Å². The highest BCUT2D eigenvalue weighted by Crippen LogP contribution is 2.20. The first-order chi connectivity index (χ1) is 8.66. The van der Waals surface area contributed by atoms with E-state index in [9.17, 15) is 0 Å². The second-order valence-corrected chi connectivity index (χ2v) is 5.63. The van der Waals surface area contributed by atoms with Crippen molar-refractivity contribution in [3.8, 4) is 0 Å². The molecule has 3 unspecified atom stereocenters. The smallest absolute Gasteiger partial charge is 0.0572 e. The number of nitrogens with one attached hydrogen (secondary N) is 1. The van der Waals surface area contributed by atoms with Crippen LogP contribution in [0.3, 0.4) is 0 Å². The Bertz CT molecular complexity index is 352. The molecule has 100 valence electrons. The van der Waals surface area contributed by atoms with Crippen molar-refractivity contribution in [3.05, 3.63) is 30.1 Å². The molecule has 18 heavy (non-hydrogen) atoms. The monoisotopic (exact) mass is 247 g/mol. The topological polar surface area (TPSA) is 28.2 Å². The van der Waals surface area contributed by atoms with E-state index in [0.717, 1.165) is 19.6 Å². The minimum Gasteiger partial charge on any atom is -0.314 e. The van der Waals surface area contributed by atoms with Crippen LogP contribution in [-0.4, -0.2) is 35.6 Å². The molecule has 2 heterocycles. The van der Waals surface area contributed by atoms with E-state index in [1.807, 2.05) is 12.3 Å². The molecule has 1 fully saturated rings. The van der Waals surface area contributed by atoms with Crippen molar-refractivity contribution >= 4 is 0 Å². The van der Waals surface area contributed by atoms with Gasteiger partial charge in [0.2, 0.25) is 0 Å². The predicted molar refractivity (Wildman–Crippen MR) is 75.5 cm³/mol. The average Bonchev–Trinajstić information content (AvgIpc) is 2.39. The molecule has 1 aromatic heterocycles. The van der Waals surface area contributed by atoms with Crippen molar-refractivity contribution in [2.75, 3.05) is 19.6 Å². The van der Waals surface area contributed by atoms with Crippen molar-refractivity contribution < 1.29 is 0 Å². The molecule has 0 radical (unpaired) electrons. The van der Waals surface area contributed by atoms with Gasteiger partial charge >= 0.3 is 0 Å². The minimum absolute atomic E-state index is 0.416. The van der Waals surface area contributed by atoms with Gasteiger partial charge in [-0.3, -0.25) is 9.88 Å². The maximum absolute atomic E-state index is 4.49. The molecular formula is C15H25N3. The summed E-state index contributed by atoms with van der Waals surface area (Å²) in [4.78, 5) is 7.07. The molecule has 1 aliphatic rings. The lowest BCUT2D eigenvalue weighted by Crippen LogP contribution is -2.43. The van der Waals surface area contributed by atoms with Crippen LogP contribution in [0.4, 0.5) is 0 Å². The molecule has 1 saturated heterocycles. The van der Waals surface area contributed by atoms with Crippen LogP contribution in [-0.2, 0) is 0 Å². The highest BCUT2D eigenvalue weighted by atomic mass is 15.2. The molecule has 3 nitrogen and oxygen atoms in total. The minimum atomic E-state index is 0.416. The Kier molecular flexibility index (Phi) is 4.72. The van der Waals surface area contributed by atoms with Crippen molar-refractivity contribution in [2.45, 2.75) is 39.3 Å². The van der Waals surface area contributed by atoms with E-state index < -0.39 is 0 Å². The number of hydrogen-bond donors (Lipinski definition) is 1. The van der Waals surface area contributed by atoms with Gasteiger partial charge in [0.05, 0.1) is 5.69 Å². The summed E-state index contributed by atoms with van der Waals surface area (Å²) in [6.45, 7) is 10.3. The van der Waals surface area contributed by atoms with E-state index in [0.29, 0.717) is 18.0 Å². The second kappa shape index (κ2) is 6.30. The summed E-state index contributed by atoms with van der Waals surface area (Å²) in [5, 5.41) is 3.59. The highest BCUT2D eigenvalue weighted by molar-refractivity contribution is 5.08. The molecule has 3 heteroatoms. The van der Waals surface area contributed by atoms with E-state index in [2.05, 4.69) is 48.1 Å². The summed E-state index contributed by atoms with van der Waals surface area (Å²) in [7, 11) is 0. The first-order valence-electron chi connectivity index (χ1n) is 7.05. The van der Waals surface area contributed by atoms with Gasteiger partial charge in [0.15, 0.2) is 0 Å². The summed E-state index contributed by atoms with van der Waals surface area (Å²) < 4.78 is 0. The van der Waals surface area contributed by atoms with Gasteiger partial charge in [-0.25, -0.2) is 0 Å². The fourth-order valence-corrected chi connectivity index (χ4v) is 2.58. The average molecular weight is 247 g/mol. The van der Waals surface area contributed by atoms with E-state index in [1.54, 1.807) is 0 Å². The number of rotatable bonds is 2. The quantitative estimate of drug-likeness (QED) is 0.870. The van der Waals surface area contributed by atoms with Crippen LogP contribution < -0.4 is 5.32 Å². The van der Waals surface area contributed by atoms with Gasteiger partial charge in [-0.05, 0) is 44.9 Å². The van der Waals surface area contributed by atoms with Crippen molar-refractivity contribution in [3.63, 3.8) is 0 Å². The Hall–Kier alpha value is -0.930. The van der Waals surface area contributed by atoms with Gasteiger partial charge in [0.1, 0.15) is 0 Å². The molecule has 1 aliphatic heterocycles. The molecule has 0 bridgehead atoms. The fraction of sp³-hybridized carbons (Fsp3) is 0.667. The van der Waals surface area contributed by atoms with Crippen LogP contribution in [0.5, 0.6) is 0 Å². The standard InChI is InChI=1S/C15H25N3/c1-12-10-17-13(2)7-9-18(11-12)14(3)15-6-4-5-8-16-15/h4-6,8,12-14,17H,7,9-11H2,1-3H3. The summed E-state index contributed by atoms with van der Waals surface area (Å²) in [6.07, 6.45) is 3.10. The predicted octanol–water partition coefficient (Wildman–Crippen LogP) is 2.46. The van der Waals surface area contributed by atoms with Gasteiger partial charge in [0.25, 0.3) is 0 Å². The van der Waals surface area contributed by atoms with Crippen LogP contribution in [0.1, 0.15) is 38.9 Å². The van der Waals surface area contributed by atoms with E-state index in [1.165, 1.54) is 12.1 Å². The van der Waals surface area contributed by atoms with E-state index in [4.69, 9.17) is 0 Å². The molecule has 0 saturated carbocycles. The van der Waals surface area contributed by atoms with E-state index >= 15 is 0 Å². The fourth-order valence-electron chi connectivity index (χ4n) is 2.58. The zero-order valence-electron chi connectivity index (χ0n) is 11.8. The Morgan fingerprint density at radius 1 is 1.39 bits per heavy atom. The van der Waals surface area contributed by atoms with Crippen LogP contribution in [0, 0.1) is 5.92 Å². The van der Waals surface area contributed by atoms with E-state index in [-0.39, 0.29) is 0 Å². The Morgan fingerprint density at radius 2 is 2.22 bits per heavy atom. The van der Waals surface area contributed by atoms with Crippen LogP contribution in [0.2, 0.25) is 0 Å². The van der Waals surface area contributed by atoms with Crippen LogP contribution in [0.15, 0.2) is 24.4 Å². The summed E-state index contributed by atoms with van der Waals surface area (Å²) in [6, 6.07) is 7.23. The number of pyridine rings is 1. The highest BCUT2D eigenvalue weighted by Gasteiger charge is 2.21. The van der Waals surface area contributed by atoms with Gasteiger partial charge in [-0.15, -0.1) is 0 Å². The molecule has 0 amide bonds. The van der Waals surface area contributed by atoms with Gasteiger partial charge in [-0.2, -0.15) is 0 Å². The maximum Gasteiger partial charge on any atom is 0.0572 e. The van der Waals surface area contributed by atoms with Gasteiger partial charge in [-0.1, -0.05) is 13.0 Å². The van der Waals surface area contributed by atoms with Crippen molar-refractivity contribution in [1.82, 2.24) is 15.2 Å². The molecule has 2 rings (SSSR count). The van der Waals surface area contributed by atoms with Crippen LogP contribution >= 0.6 is 0 Å². The normalized spacial score (nSPS) is 28.4. The summed E-state index contributed by atoms with van der Waals surface area (Å²) in [5.74, 6) is 0.693. The molecule has 0 aliphatic carbocycles. The molecule has 0 aromatic carbocycles. The number of hydrogen-bond acceptors (Lipinski definition) is 3. The lowest BCUT2D eigenvalue weighted by molar-refractivity contribution is 0.154. The molecular weight excluding hydrogens is 222 g/mol. The molecule has 3 atom stereocenters.